The Labute approximate surface area is 121 Å². The molecule has 110 valence electrons. The molecule has 2 rings (SSSR count). The van der Waals surface area contributed by atoms with E-state index in [-0.39, 0.29) is 11.9 Å². The molecule has 0 radical (unpaired) electrons. The molecule has 0 spiro atoms. The van der Waals surface area contributed by atoms with Gasteiger partial charge in [0.2, 0.25) is 5.91 Å². The van der Waals surface area contributed by atoms with Crippen LogP contribution in [0.15, 0.2) is 24.3 Å². The monoisotopic (exact) mass is 275 g/mol. The first kappa shape index (κ1) is 14.9. The third-order valence-electron chi connectivity index (χ3n) is 3.79. The Hall–Kier alpha value is -1.55. The number of nitrogens with one attached hydrogen (secondary N) is 1. The summed E-state index contributed by atoms with van der Waals surface area (Å²) in [7, 11) is 0. The van der Waals surface area contributed by atoms with Crippen molar-refractivity contribution in [1.82, 2.24) is 5.32 Å². The molecule has 1 amide bonds. The molecule has 1 unspecified atom stereocenters. The summed E-state index contributed by atoms with van der Waals surface area (Å²) in [6.45, 7) is 6.00. The Morgan fingerprint density at radius 1 is 1.50 bits per heavy atom. The summed E-state index contributed by atoms with van der Waals surface area (Å²) in [4.78, 5) is 13.8. The van der Waals surface area contributed by atoms with E-state index >= 15 is 0 Å². The van der Waals surface area contributed by atoms with Crippen molar-refractivity contribution >= 4 is 11.6 Å². The Morgan fingerprint density at radius 2 is 2.25 bits per heavy atom. The average molecular weight is 275 g/mol. The number of benzene rings is 1. The Balaban J connectivity index is 1.93. The fraction of sp³-hybridized carbons (Fsp3) is 0.562. The summed E-state index contributed by atoms with van der Waals surface area (Å²) in [5, 5.41) is 3.33. The zero-order valence-corrected chi connectivity index (χ0v) is 12.4. The first-order valence-electron chi connectivity index (χ1n) is 7.47. The Morgan fingerprint density at radius 3 is 2.80 bits per heavy atom. The number of aryl methyl sites for hydroxylation is 1. The third kappa shape index (κ3) is 4.23. The van der Waals surface area contributed by atoms with Crippen LogP contribution >= 0.6 is 0 Å². The van der Waals surface area contributed by atoms with Crippen molar-refractivity contribution in [2.24, 2.45) is 5.73 Å². The van der Waals surface area contributed by atoms with Crippen molar-refractivity contribution in [1.29, 1.82) is 0 Å². The van der Waals surface area contributed by atoms with Crippen molar-refractivity contribution in [3.63, 3.8) is 0 Å². The van der Waals surface area contributed by atoms with Crippen molar-refractivity contribution in [3.05, 3.63) is 29.8 Å². The van der Waals surface area contributed by atoms with Gasteiger partial charge in [-0.3, -0.25) is 4.79 Å². The summed E-state index contributed by atoms with van der Waals surface area (Å²) in [5.74, 6) is -0.239. The first-order valence-corrected chi connectivity index (χ1v) is 7.47. The summed E-state index contributed by atoms with van der Waals surface area (Å²) in [5.41, 5.74) is 7.95. The molecule has 1 aromatic carbocycles. The van der Waals surface area contributed by atoms with Crippen LogP contribution in [-0.2, 0) is 4.79 Å². The van der Waals surface area contributed by atoms with Gasteiger partial charge in [0.05, 0.1) is 6.04 Å². The van der Waals surface area contributed by atoms with Crippen LogP contribution in [0.2, 0.25) is 0 Å². The van der Waals surface area contributed by atoms with E-state index in [1.165, 1.54) is 24.1 Å². The lowest BCUT2D eigenvalue weighted by atomic mass is 10.1. The average Bonchev–Trinajstić information content (AvgIpc) is 3.22. The van der Waals surface area contributed by atoms with Gasteiger partial charge in [-0.25, -0.2) is 0 Å². The minimum absolute atomic E-state index is 0.207. The third-order valence-corrected chi connectivity index (χ3v) is 3.79. The van der Waals surface area contributed by atoms with Crippen LogP contribution < -0.4 is 16.0 Å². The van der Waals surface area contributed by atoms with Crippen LogP contribution in [0, 0.1) is 6.92 Å². The van der Waals surface area contributed by atoms with E-state index in [9.17, 15) is 4.79 Å². The van der Waals surface area contributed by atoms with Gasteiger partial charge in [0.1, 0.15) is 0 Å². The highest BCUT2D eigenvalue weighted by atomic mass is 16.1. The number of nitrogens with two attached hydrogens (primary N) is 1. The molecule has 0 aromatic heterocycles. The summed E-state index contributed by atoms with van der Waals surface area (Å²) in [6.07, 6.45) is 3.09. The lowest BCUT2D eigenvalue weighted by Gasteiger charge is -2.25. The molecule has 0 saturated heterocycles. The van der Waals surface area contributed by atoms with Crippen molar-refractivity contribution in [2.75, 3.05) is 18.0 Å². The Bertz CT molecular complexity index is 457. The van der Waals surface area contributed by atoms with Crippen LogP contribution in [0.5, 0.6) is 0 Å². The lowest BCUT2D eigenvalue weighted by molar-refractivity contribution is -0.120. The largest absolute Gasteiger partial charge is 0.372 e. The highest BCUT2D eigenvalue weighted by molar-refractivity contribution is 5.80. The van der Waals surface area contributed by atoms with Gasteiger partial charge in [0.15, 0.2) is 0 Å². The summed E-state index contributed by atoms with van der Waals surface area (Å²) in [6, 6.07) is 8.75. The quantitative estimate of drug-likeness (QED) is 0.761. The standard InChI is InChI=1S/C16H25N3O/c1-3-19(14-6-4-5-12(2)11-14)10-9-15(16(17)20)18-13-7-8-13/h4-6,11,13,15,18H,3,7-10H2,1-2H3,(H2,17,20). The zero-order valence-electron chi connectivity index (χ0n) is 12.4. The normalized spacial score (nSPS) is 15.9. The number of amides is 1. The number of nitrogens with zero attached hydrogens (tertiary/aromatic N) is 1. The van der Waals surface area contributed by atoms with E-state index in [0.29, 0.717) is 6.04 Å². The van der Waals surface area contributed by atoms with Gasteiger partial charge < -0.3 is 16.0 Å². The number of anilines is 1. The molecule has 1 aromatic rings. The van der Waals surface area contributed by atoms with E-state index in [1.54, 1.807) is 0 Å². The molecule has 1 fully saturated rings. The fourth-order valence-corrected chi connectivity index (χ4v) is 2.42. The smallest absolute Gasteiger partial charge is 0.234 e. The predicted octanol–water partition coefficient (Wildman–Crippen LogP) is 1.82. The zero-order chi connectivity index (χ0) is 14.5. The molecular formula is C16H25N3O. The second-order valence-corrected chi connectivity index (χ2v) is 5.60. The van der Waals surface area contributed by atoms with Crippen molar-refractivity contribution < 1.29 is 4.79 Å². The maximum atomic E-state index is 11.5. The van der Waals surface area contributed by atoms with Gasteiger partial charge in [-0.05, 0) is 50.8 Å². The van der Waals surface area contributed by atoms with Gasteiger partial charge in [0, 0.05) is 24.8 Å². The highest BCUT2D eigenvalue weighted by Gasteiger charge is 2.27. The number of hydrogen-bond acceptors (Lipinski definition) is 3. The van der Waals surface area contributed by atoms with Gasteiger partial charge in [-0.15, -0.1) is 0 Å². The molecular weight excluding hydrogens is 250 g/mol. The minimum atomic E-state index is -0.239. The number of carbonyl (C=O) groups excluding carboxylic acids is 1. The number of rotatable bonds is 8. The van der Waals surface area contributed by atoms with Crippen LogP contribution in [0.25, 0.3) is 0 Å². The molecule has 1 aliphatic rings. The Kier molecular flexibility index (Phi) is 5.01. The number of primary amides is 1. The van der Waals surface area contributed by atoms with E-state index in [4.69, 9.17) is 5.73 Å². The molecule has 1 aliphatic carbocycles. The van der Waals surface area contributed by atoms with E-state index in [2.05, 4.69) is 48.3 Å². The van der Waals surface area contributed by atoms with Crippen molar-refractivity contribution in [3.8, 4) is 0 Å². The highest BCUT2D eigenvalue weighted by Crippen LogP contribution is 2.21. The maximum Gasteiger partial charge on any atom is 0.234 e. The van der Waals surface area contributed by atoms with Crippen molar-refractivity contribution in [2.45, 2.75) is 45.2 Å². The molecule has 0 aliphatic heterocycles. The fourth-order valence-electron chi connectivity index (χ4n) is 2.42. The number of carbonyl (C=O) groups is 1. The van der Waals surface area contributed by atoms with Crippen LogP contribution in [0.4, 0.5) is 5.69 Å². The predicted molar refractivity (Wildman–Crippen MR) is 82.8 cm³/mol. The number of hydrogen-bond donors (Lipinski definition) is 2. The summed E-state index contributed by atoms with van der Waals surface area (Å²) >= 11 is 0. The molecule has 1 saturated carbocycles. The summed E-state index contributed by atoms with van der Waals surface area (Å²) < 4.78 is 0. The van der Waals surface area contributed by atoms with Crippen LogP contribution in [0.3, 0.4) is 0 Å². The molecule has 0 bridgehead atoms. The molecule has 20 heavy (non-hydrogen) atoms. The molecule has 1 atom stereocenters. The second-order valence-electron chi connectivity index (χ2n) is 5.60. The molecule has 0 heterocycles. The molecule has 4 nitrogen and oxygen atoms in total. The van der Waals surface area contributed by atoms with E-state index in [0.717, 1.165) is 19.5 Å². The second kappa shape index (κ2) is 6.75. The van der Waals surface area contributed by atoms with Gasteiger partial charge in [0.25, 0.3) is 0 Å². The topological polar surface area (TPSA) is 58.4 Å². The van der Waals surface area contributed by atoms with E-state index in [1.807, 2.05) is 0 Å². The minimum Gasteiger partial charge on any atom is -0.372 e. The van der Waals surface area contributed by atoms with E-state index < -0.39 is 0 Å². The first-order chi connectivity index (χ1) is 9.60. The van der Waals surface area contributed by atoms with Crippen LogP contribution in [-0.4, -0.2) is 31.1 Å². The van der Waals surface area contributed by atoms with Gasteiger partial charge in [-0.1, -0.05) is 12.1 Å². The van der Waals surface area contributed by atoms with Gasteiger partial charge in [-0.2, -0.15) is 0 Å². The van der Waals surface area contributed by atoms with Gasteiger partial charge >= 0.3 is 0 Å². The maximum absolute atomic E-state index is 11.5. The van der Waals surface area contributed by atoms with Crippen LogP contribution in [0.1, 0.15) is 31.7 Å². The lowest BCUT2D eigenvalue weighted by Crippen LogP contribution is -2.44. The molecule has 4 heteroatoms. The SMILES string of the molecule is CCN(CCC(NC1CC1)C(N)=O)c1cccc(C)c1. The molecule has 3 N–H and O–H groups in total.